The predicted molar refractivity (Wildman–Crippen MR) is 81.2 cm³/mol. The van der Waals surface area contributed by atoms with Crippen LogP contribution < -0.4 is 10.6 Å². The lowest BCUT2D eigenvalue weighted by Gasteiger charge is -2.27. The van der Waals surface area contributed by atoms with Gasteiger partial charge in [-0.1, -0.05) is 12.1 Å². The molecular formula is C16H24N2O3. The minimum atomic E-state index is -0.136. The van der Waals surface area contributed by atoms with Gasteiger partial charge in [0.15, 0.2) is 0 Å². The van der Waals surface area contributed by atoms with Gasteiger partial charge in [-0.15, -0.1) is 0 Å². The summed E-state index contributed by atoms with van der Waals surface area (Å²) in [5.41, 5.74) is 0.999. The van der Waals surface area contributed by atoms with Crippen molar-refractivity contribution in [2.75, 3.05) is 13.2 Å². The van der Waals surface area contributed by atoms with Gasteiger partial charge in [-0.3, -0.25) is 0 Å². The van der Waals surface area contributed by atoms with Crippen LogP contribution in [-0.2, 0) is 6.42 Å². The summed E-state index contributed by atoms with van der Waals surface area (Å²) < 4.78 is 0. The second-order valence-corrected chi connectivity index (χ2v) is 5.72. The Hall–Kier alpha value is -1.75. The summed E-state index contributed by atoms with van der Waals surface area (Å²) in [6, 6.07) is 7.14. The zero-order valence-corrected chi connectivity index (χ0v) is 12.2. The Morgan fingerprint density at radius 3 is 2.67 bits per heavy atom. The van der Waals surface area contributed by atoms with Crippen molar-refractivity contribution in [3.8, 4) is 5.75 Å². The molecular weight excluding hydrogens is 268 g/mol. The predicted octanol–water partition coefficient (Wildman–Crippen LogP) is 1.79. The Labute approximate surface area is 125 Å². The van der Waals surface area contributed by atoms with Gasteiger partial charge in [0, 0.05) is 19.2 Å². The van der Waals surface area contributed by atoms with Gasteiger partial charge in [0.2, 0.25) is 0 Å². The number of urea groups is 1. The number of aliphatic hydroxyl groups excluding tert-OH is 1. The van der Waals surface area contributed by atoms with Gasteiger partial charge in [0.25, 0.3) is 0 Å². The van der Waals surface area contributed by atoms with E-state index >= 15 is 0 Å². The fraction of sp³-hybridized carbons (Fsp3) is 0.562. The normalized spacial score (nSPS) is 21.8. The zero-order chi connectivity index (χ0) is 15.1. The molecule has 0 aliphatic heterocycles. The van der Waals surface area contributed by atoms with Crippen LogP contribution in [0.3, 0.4) is 0 Å². The molecule has 1 aromatic carbocycles. The molecule has 2 rings (SSSR count). The molecule has 5 heteroatoms. The number of aliphatic hydroxyl groups is 1. The van der Waals surface area contributed by atoms with Crippen molar-refractivity contribution in [1.29, 1.82) is 0 Å². The summed E-state index contributed by atoms with van der Waals surface area (Å²) in [4.78, 5) is 11.8. The van der Waals surface area contributed by atoms with E-state index in [0.717, 1.165) is 31.2 Å². The maximum absolute atomic E-state index is 11.8. The van der Waals surface area contributed by atoms with Gasteiger partial charge < -0.3 is 20.8 Å². The highest BCUT2D eigenvalue weighted by atomic mass is 16.3. The minimum absolute atomic E-state index is 0.136. The molecule has 0 bridgehead atoms. The van der Waals surface area contributed by atoms with Crippen molar-refractivity contribution in [1.82, 2.24) is 10.6 Å². The fourth-order valence-corrected chi connectivity index (χ4v) is 2.76. The van der Waals surface area contributed by atoms with E-state index in [1.807, 2.05) is 6.07 Å². The Balaban J connectivity index is 1.64. The smallest absolute Gasteiger partial charge is 0.315 e. The van der Waals surface area contributed by atoms with E-state index in [1.165, 1.54) is 0 Å². The topological polar surface area (TPSA) is 81.6 Å². The Morgan fingerprint density at radius 1 is 1.24 bits per heavy atom. The Bertz CT molecular complexity index is 457. The summed E-state index contributed by atoms with van der Waals surface area (Å²) in [6.07, 6.45) is 4.52. The number of benzene rings is 1. The van der Waals surface area contributed by atoms with Crippen LogP contribution in [0.2, 0.25) is 0 Å². The molecule has 4 N–H and O–H groups in total. The molecule has 0 unspecified atom stereocenters. The summed E-state index contributed by atoms with van der Waals surface area (Å²) in [7, 11) is 0. The fourth-order valence-electron chi connectivity index (χ4n) is 2.76. The number of phenolic OH excluding ortho intramolecular Hbond substituents is 1. The molecule has 0 aromatic heterocycles. The third-order valence-corrected chi connectivity index (χ3v) is 4.05. The first kappa shape index (κ1) is 15.6. The number of phenols is 1. The molecule has 1 aliphatic carbocycles. The maximum Gasteiger partial charge on any atom is 0.315 e. The quantitative estimate of drug-likeness (QED) is 0.668. The van der Waals surface area contributed by atoms with Crippen LogP contribution in [0, 0.1) is 5.92 Å². The van der Waals surface area contributed by atoms with Gasteiger partial charge in [0.05, 0.1) is 0 Å². The van der Waals surface area contributed by atoms with Crippen molar-refractivity contribution in [3.05, 3.63) is 29.8 Å². The molecule has 0 atom stereocenters. The number of carbonyl (C=O) groups is 1. The van der Waals surface area contributed by atoms with Crippen molar-refractivity contribution in [2.45, 2.75) is 38.1 Å². The molecule has 0 radical (unpaired) electrons. The standard InChI is InChI=1S/C16H24N2O3/c19-11-13-4-6-14(7-5-13)18-16(21)17-9-8-12-2-1-3-15(20)10-12/h1-3,10,13-14,19-20H,4-9,11H2,(H2,17,18,21). The first-order valence-electron chi connectivity index (χ1n) is 7.60. The lowest BCUT2D eigenvalue weighted by Crippen LogP contribution is -2.44. The highest BCUT2D eigenvalue weighted by Gasteiger charge is 2.21. The number of aromatic hydroxyl groups is 1. The van der Waals surface area contributed by atoms with Crippen LogP contribution in [0.5, 0.6) is 5.75 Å². The SMILES string of the molecule is O=C(NCCc1cccc(O)c1)NC1CCC(CO)CC1. The highest BCUT2D eigenvalue weighted by molar-refractivity contribution is 5.74. The molecule has 1 saturated carbocycles. The highest BCUT2D eigenvalue weighted by Crippen LogP contribution is 2.23. The van der Waals surface area contributed by atoms with Gasteiger partial charge in [0.1, 0.15) is 5.75 Å². The molecule has 0 heterocycles. The van der Waals surface area contributed by atoms with Crippen molar-refractivity contribution in [2.24, 2.45) is 5.92 Å². The average Bonchev–Trinajstić information content (AvgIpc) is 2.48. The Kier molecular flexibility index (Phi) is 5.87. The molecule has 21 heavy (non-hydrogen) atoms. The zero-order valence-electron chi connectivity index (χ0n) is 12.2. The van der Waals surface area contributed by atoms with Crippen molar-refractivity contribution in [3.63, 3.8) is 0 Å². The molecule has 1 aromatic rings. The third kappa shape index (κ3) is 5.27. The van der Waals surface area contributed by atoms with Crippen molar-refractivity contribution < 1.29 is 15.0 Å². The monoisotopic (exact) mass is 292 g/mol. The van der Waals surface area contributed by atoms with E-state index in [9.17, 15) is 9.90 Å². The number of hydrogen-bond donors (Lipinski definition) is 4. The van der Waals surface area contributed by atoms with E-state index in [4.69, 9.17) is 5.11 Å². The second kappa shape index (κ2) is 7.88. The number of carbonyl (C=O) groups excluding carboxylic acids is 1. The van der Waals surface area contributed by atoms with Crippen LogP contribution in [0.25, 0.3) is 0 Å². The van der Waals surface area contributed by atoms with E-state index in [1.54, 1.807) is 18.2 Å². The van der Waals surface area contributed by atoms with E-state index in [2.05, 4.69) is 10.6 Å². The largest absolute Gasteiger partial charge is 0.508 e. The summed E-state index contributed by atoms with van der Waals surface area (Å²) >= 11 is 0. The van der Waals surface area contributed by atoms with E-state index in [-0.39, 0.29) is 24.4 Å². The first-order valence-corrected chi connectivity index (χ1v) is 7.60. The van der Waals surface area contributed by atoms with Crippen LogP contribution >= 0.6 is 0 Å². The molecule has 1 fully saturated rings. The van der Waals surface area contributed by atoms with Gasteiger partial charge in [-0.2, -0.15) is 0 Å². The molecule has 1 aliphatic rings. The summed E-state index contributed by atoms with van der Waals surface area (Å²) in [5, 5.41) is 24.3. The van der Waals surface area contributed by atoms with Crippen LogP contribution in [0.1, 0.15) is 31.2 Å². The first-order chi connectivity index (χ1) is 10.2. The Morgan fingerprint density at radius 2 is 2.00 bits per heavy atom. The molecule has 2 amide bonds. The lowest BCUT2D eigenvalue weighted by atomic mass is 9.87. The molecule has 0 saturated heterocycles. The minimum Gasteiger partial charge on any atom is -0.508 e. The van der Waals surface area contributed by atoms with Crippen LogP contribution in [-0.4, -0.2) is 35.4 Å². The van der Waals surface area contributed by atoms with Crippen LogP contribution in [0.4, 0.5) is 4.79 Å². The molecule has 0 spiro atoms. The average molecular weight is 292 g/mol. The van der Waals surface area contributed by atoms with Crippen molar-refractivity contribution >= 4 is 6.03 Å². The second-order valence-electron chi connectivity index (χ2n) is 5.72. The van der Waals surface area contributed by atoms with Gasteiger partial charge in [-0.05, 0) is 55.7 Å². The number of nitrogens with one attached hydrogen (secondary N) is 2. The number of rotatable bonds is 5. The summed E-state index contributed by atoms with van der Waals surface area (Å²) in [6.45, 7) is 0.796. The van der Waals surface area contributed by atoms with E-state index < -0.39 is 0 Å². The van der Waals surface area contributed by atoms with Gasteiger partial charge in [-0.25, -0.2) is 4.79 Å². The number of amides is 2. The molecule has 5 nitrogen and oxygen atoms in total. The molecule has 116 valence electrons. The van der Waals surface area contributed by atoms with Crippen LogP contribution in [0.15, 0.2) is 24.3 Å². The third-order valence-electron chi connectivity index (χ3n) is 4.05. The maximum atomic E-state index is 11.8. The summed E-state index contributed by atoms with van der Waals surface area (Å²) in [5.74, 6) is 0.648. The van der Waals surface area contributed by atoms with Gasteiger partial charge >= 0.3 is 6.03 Å². The van der Waals surface area contributed by atoms with E-state index in [0.29, 0.717) is 18.9 Å². The lowest BCUT2D eigenvalue weighted by molar-refractivity contribution is 0.174. The number of hydrogen-bond acceptors (Lipinski definition) is 3.